The predicted octanol–water partition coefficient (Wildman–Crippen LogP) is 17.3. The zero-order chi connectivity index (χ0) is 88.3. The van der Waals surface area contributed by atoms with Gasteiger partial charge < -0.3 is 53.8 Å². The van der Waals surface area contributed by atoms with Gasteiger partial charge in [0.2, 0.25) is 17.7 Å². The van der Waals surface area contributed by atoms with Gasteiger partial charge in [-0.2, -0.15) is 0 Å². The van der Waals surface area contributed by atoms with Gasteiger partial charge in [-0.1, -0.05) is 47.5 Å². The molecular weight excluding hydrogens is 1480 g/mol. The van der Waals surface area contributed by atoms with Crippen molar-refractivity contribution in [1.82, 2.24) is 16.0 Å². The fourth-order valence-corrected chi connectivity index (χ4v) is 8.47. The molecule has 0 saturated heterocycles. The SMILES string of the molecule is CC(=O)NCCc1cc(OC(=O)C(C)(C)C)c(OC(=O)C(C)(C)C)cc1[18F].CC(=O)NCCc1cc(OC(C)=O)c(C)cc1[18F].CC(C)(C)C(=O)NCCc1cc(OC(=O)C(C)(C)C)c(OC(=O)C(C)(C)C)cc1[18F].CCCc1cc(OC(=O)C(C)(C)C)c(OC(=O)C(C)(C)C)cc1[18F].CCCc1cc(OC(C)=O)c(C)cc1[18F]. The van der Waals surface area contributed by atoms with Crippen molar-refractivity contribution in [2.45, 2.75) is 246 Å². The number of hydrogen-bond donors (Lipinski definition) is 3. The third kappa shape index (κ3) is 36.8. The van der Waals surface area contributed by atoms with Crippen LogP contribution in [0, 0.1) is 80.8 Å². The Kier molecular flexibility index (Phi) is 39.3. The van der Waals surface area contributed by atoms with Crippen LogP contribution >= 0.6 is 0 Å². The molecule has 5 aromatic rings. The van der Waals surface area contributed by atoms with Gasteiger partial charge in [-0.05, 0) is 252 Å². The molecule has 0 unspecified atom stereocenters. The van der Waals surface area contributed by atoms with E-state index in [9.17, 15) is 74.7 Å². The van der Waals surface area contributed by atoms with E-state index in [2.05, 4.69) is 16.0 Å². The maximum atomic E-state index is 14.7. The molecule has 0 fully saturated rings. The number of carbonyl (C=O) groups is 11. The van der Waals surface area contributed by atoms with Crippen molar-refractivity contribution in [3.63, 3.8) is 0 Å². The topological polar surface area (TPSA) is 298 Å². The van der Waals surface area contributed by atoms with Gasteiger partial charge in [0, 0.05) is 70.9 Å². The molecule has 0 saturated carbocycles. The number of halogens is 5. The van der Waals surface area contributed by atoms with Crippen molar-refractivity contribution in [3.05, 3.63) is 129 Å². The normalized spacial score (nSPS) is 11.5. The van der Waals surface area contributed by atoms with E-state index in [4.69, 9.17) is 37.9 Å². The van der Waals surface area contributed by atoms with E-state index in [1.807, 2.05) is 13.8 Å². The Hall–Kier alpha value is -10.1. The highest BCUT2D eigenvalue weighted by Crippen LogP contribution is 2.38. The zero-order valence-corrected chi connectivity index (χ0v) is 72.0. The monoisotopic (exact) mass is 1600 g/mol. The zero-order valence-electron chi connectivity index (χ0n) is 72.0. The molecular formula is C87H120F5N3O19. The predicted molar refractivity (Wildman–Crippen MR) is 424 cm³/mol. The molecule has 5 rings (SSSR count). The summed E-state index contributed by atoms with van der Waals surface area (Å²) in [6.07, 6.45) is 3.48. The van der Waals surface area contributed by atoms with Crippen LogP contribution in [0.1, 0.15) is 239 Å². The molecule has 0 bridgehead atoms. The average molecular weight is 1600 g/mol. The number of hydrogen-bond acceptors (Lipinski definition) is 19. The molecule has 0 aromatic heterocycles. The lowest BCUT2D eigenvalue weighted by Crippen LogP contribution is -2.36. The van der Waals surface area contributed by atoms with Crippen LogP contribution in [0.15, 0.2) is 60.7 Å². The maximum Gasteiger partial charge on any atom is 0.316 e. The van der Waals surface area contributed by atoms with Crippen molar-refractivity contribution in [2.75, 3.05) is 19.6 Å². The summed E-state index contributed by atoms with van der Waals surface area (Å²) in [6.45, 7) is 49.1. The Morgan fingerprint density at radius 1 is 0.272 bits per heavy atom. The number of benzene rings is 5. The van der Waals surface area contributed by atoms with Crippen molar-refractivity contribution >= 4 is 65.5 Å². The summed E-state index contributed by atoms with van der Waals surface area (Å²) in [5.41, 5.74) is -2.19. The van der Waals surface area contributed by atoms with Crippen molar-refractivity contribution in [3.8, 4) is 46.0 Å². The molecule has 22 nitrogen and oxygen atoms in total. The first-order chi connectivity index (χ1) is 51.9. The van der Waals surface area contributed by atoms with Crippen molar-refractivity contribution in [1.29, 1.82) is 0 Å². The van der Waals surface area contributed by atoms with Gasteiger partial charge in [0.1, 0.15) is 40.6 Å². The average Bonchev–Trinajstić information content (AvgIpc) is 0.821. The molecule has 0 aliphatic heterocycles. The van der Waals surface area contributed by atoms with E-state index >= 15 is 0 Å². The highest BCUT2D eigenvalue weighted by atomic mass is 18.2. The van der Waals surface area contributed by atoms with E-state index in [0.717, 1.165) is 31.0 Å². The maximum absolute atomic E-state index is 14.7. The Labute approximate surface area is 669 Å². The van der Waals surface area contributed by atoms with Gasteiger partial charge in [0.15, 0.2) is 34.5 Å². The Bertz CT molecular complexity index is 4230. The number of ether oxygens (including phenoxy) is 8. The fourth-order valence-electron chi connectivity index (χ4n) is 8.47. The van der Waals surface area contributed by atoms with Gasteiger partial charge in [-0.15, -0.1) is 0 Å². The van der Waals surface area contributed by atoms with Gasteiger partial charge in [0.05, 0.1) is 32.5 Å². The second-order valence-electron chi connectivity index (χ2n) is 34.3. The van der Waals surface area contributed by atoms with Crippen LogP contribution < -0.4 is 53.8 Å². The second kappa shape index (κ2) is 44.0. The van der Waals surface area contributed by atoms with Crippen LogP contribution in [0.5, 0.6) is 46.0 Å². The minimum atomic E-state index is -0.822. The standard InChI is InChI=1S/C23H34FNO5.C20H28FNO5.C19H27FO4.C13H16FNO3.C12H15FO2/c1-21(2,3)18(26)25-11-10-14-12-16(29-19(27)22(4,5)6)17(13-15(14)24)30-20(28)23(7,8)9;1-12(23)22-9-8-13-10-15(26-17(24)19(2,3)4)16(11-14(13)21)27-18(25)20(5,6)7;1-8-9-12-10-14(23-16(21)18(2,3)4)15(11-13(12)20)24-17(22)19(5,6)7;1-8-6-12(14)11(4-5-15-9(2)16)7-13(8)18-10(3)17;1-4-5-10-7-12(15-9(3)14)8(2)6-11(10)13/h12-13H,10-11H2,1-9H3,(H,25,26);10-11H,8-9H2,1-7H3,(H,22,23);10-11H,8-9H2,1-7H3;6-7H,4-5H2,1-3H3,(H,15,16);6-7H,4-5H2,1-3H3/i24-1;21-1;20-1;14-1;13-1. The summed E-state index contributed by atoms with van der Waals surface area (Å²) in [6, 6.07) is 13.1. The minimum absolute atomic E-state index is 0.0354. The van der Waals surface area contributed by atoms with Gasteiger partial charge >= 0.3 is 47.8 Å². The number of carbonyl (C=O) groups excluding carboxylic acids is 11. The molecule has 114 heavy (non-hydrogen) atoms. The van der Waals surface area contributed by atoms with Crippen LogP contribution in [0.2, 0.25) is 0 Å². The largest absolute Gasteiger partial charge is 0.426 e. The first-order valence-electron chi connectivity index (χ1n) is 37.5. The molecule has 0 radical (unpaired) electrons. The Balaban J connectivity index is 0.000000726. The van der Waals surface area contributed by atoms with Gasteiger partial charge in [0.25, 0.3) is 0 Å². The molecule has 0 aliphatic rings. The molecule has 632 valence electrons. The van der Waals surface area contributed by atoms with Crippen molar-refractivity contribution < 1.29 is 113 Å². The number of rotatable bonds is 21. The number of esters is 8. The van der Waals surface area contributed by atoms with Crippen molar-refractivity contribution in [2.24, 2.45) is 37.9 Å². The van der Waals surface area contributed by atoms with E-state index in [1.165, 1.54) is 64.1 Å². The third-order valence-electron chi connectivity index (χ3n) is 15.4. The van der Waals surface area contributed by atoms with Crippen LogP contribution in [0.3, 0.4) is 0 Å². The first-order valence-corrected chi connectivity index (χ1v) is 37.5. The lowest BCUT2D eigenvalue weighted by Gasteiger charge is -2.21. The minimum Gasteiger partial charge on any atom is -0.426 e. The number of aryl methyl sites for hydroxylation is 4. The summed E-state index contributed by atoms with van der Waals surface area (Å²) in [5.74, 6) is -6.57. The van der Waals surface area contributed by atoms with Crippen LogP contribution in [0.25, 0.3) is 0 Å². The fraction of sp³-hybridized carbons (Fsp3) is 0.529. The third-order valence-corrected chi connectivity index (χ3v) is 15.4. The van der Waals surface area contributed by atoms with E-state index in [0.29, 0.717) is 65.1 Å². The van der Waals surface area contributed by atoms with Crippen LogP contribution in [-0.2, 0) is 84.8 Å². The lowest BCUT2D eigenvalue weighted by molar-refractivity contribution is -0.145. The van der Waals surface area contributed by atoms with E-state index in [1.54, 1.807) is 165 Å². The summed E-state index contributed by atoms with van der Waals surface area (Å²) >= 11 is 0. The lowest BCUT2D eigenvalue weighted by atomic mass is 9.95. The molecule has 27 heteroatoms. The molecule has 0 aliphatic carbocycles. The number of amides is 3. The number of nitrogens with one attached hydrogen (secondary N) is 3. The Morgan fingerprint density at radius 3 is 0.658 bits per heavy atom. The molecule has 0 atom stereocenters. The second-order valence-corrected chi connectivity index (χ2v) is 34.3. The molecule has 0 spiro atoms. The van der Waals surface area contributed by atoms with Gasteiger partial charge in [-0.3, -0.25) is 52.7 Å². The van der Waals surface area contributed by atoms with Gasteiger partial charge in [-0.25, -0.2) is 22.0 Å². The van der Waals surface area contributed by atoms with Crippen LogP contribution in [0.4, 0.5) is 22.0 Å². The van der Waals surface area contributed by atoms with E-state index in [-0.39, 0.29) is 107 Å². The smallest absolute Gasteiger partial charge is 0.316 e. The summed E-state index contributed by atoms with van der Waals surface area (Å²) < 4.78 is 112. The summed E-state index contributed by atoms with van der Waals surface area (Å²) in [5, 5.41) is 7.91. The van der Waals surface area contributed by atoms with Crippen LogP contribution in [-0.4, -0.2) is 85.1 Å². The quantitative estimate of drug-likeness (QED) is 0.0349. The first kappa shape index (κ1) is 102. The molecule has 5 aromatic carbocycles. The molecule has 0 heterocycles. The molecule has 3 amide bonds. The Morgan fingerprint density at radius 2 is 0.465 bits per heavy atom. The summed E-state index contributed by atoms with van der Waals surface area (Å²) in [7, 11) is 0. The van der Waals surface area contributed by atoms with E-state index < -0.39 is 97.1 Å². The molecule has 3 N–H and O–H groups in total. The summed E-state index contributed by atoms with van der Waals surface area (Å²) in [4.78, 5) is 129. The highest BCUT2D eigenvalue weighted by molar-refractivity contribution is 5.84. The highest BCUT2D eigenvalue weighted by Gasteiger charge is 2.34.